The lowest BCUT2D eigenvalue weighted by molar-refractivity contribution is 0.0689. The second-order valence-corrected chi connectivity index (χ2v) is 4.70. The molecule has 1 fully saturated rings. The molecule has 0 aliphatic carbocycles. The molecule has 0 spiro atoms. The smallest absolute Gasteiger partial charge is 0.409 e. The van der Waals surface area contributed by atoms with Crippen molar-refractivity contribution in [3.63, 3.8) is 0 Å². The van der Waals surface area contributed by atoms with E-state index < -0.39 is 5.97 Å². The van der Waals surface area contributed by atoms with Gasteiger partial charge in [0.15, 0.2) is 5.69 Å². The predicted octanol–water partition coefficient (Wildman–Crippen LogP) is 1.21. The minimum atomic E-state index is -1.11. The van der Waals surface area contributed by atoms with Crippen molar-refractivity contribution in [2.24, 2.45) is 0 Å². The fourth-order valence-corrected chi connectivity index (χ4v) is 2.17. The van der Waals surface area contributed by atoms with Crippen LogP contribution in [0.25, 0.3) is 0 Å². The Morgan fingerprint density at radius 3 is 2.76 bits per heavy atom. The molecule has 0 unspecified atom stereocenters. The molecular formula is C13H18N4O4. The SMILES string of the molecule is CCOC(=O)N1CCC(Nc2cncc(C(=O)O)n2)CC1. The molecule has 8 heteroatoms. The van der Waals surface area contributed by atoms with Crippen molar-refractivity contribution in [1.29, 1.82) is 0 Å². The molecule has 114 valence electrons. The van der Waals surface area contributed by atoms with Crippen molar-refractivity contribution in [3.8, 4) is 0 Å². The standard InChI is InChI=1S/C13H18N4O4/c1-2-21-13(20)17-5-3-9(4-6-17)15-11-8-14-7-10(16-11)12(18)19/h7-9H,2-6H2,1H3,(H,15,16)(H,18,19). The maximum absolute atomic E-state index is 11.6. The van der Waals surface area contributed by atoms with E-state index in [4.69, 9.17) is 9.84 Å². The van der Waals surface area contributed by atoms with E-state index in [1.165, 1.54) is 12.4 Å². The zero-order chi connectivity index (χ0) is 15.2. The number of aromatic nitrogens is 2. The number of rotatable bonds is 4. The Hall–Kier alpha value is -2.38. The van der Waals surface area contributed by atoms with Crippen LogP contribution in [0.1, 0.15) is 30.3 Å². The van der Waals surface area contributed by atoms with Gasteiger partial charge in [-0.2, -0.15) is 0 Å². The van der Waals surface area contributed by atoms with E-state index in [1.54, 1.807) is 11.8 Å². The average molecular weight is 294 g/mol. The second-order valence-electron chi connectivity index (χ2n) is 4.70. The number of likely N-dealkylation sites (tertiary alicyclic amines) is 1. The van der Waals surface area contributed by atoms with Gasteiger partial charge < -0.3 is 20.1 Å². The number of nitrogens with zero attached hydrogens (tertiary/aromatic N) is 3. The number of nitrogens with one attached hydrogen (secondary N) is 1. The van der Waals surface area contributed by atoms with Gasteiger partial charge in [0.2, 0.25) is 0 Å². The van der Waals surface area contributed by atoms with Crippen molar-refractivity contribution < 1.29 is 19.4 Å². The van der Waals surface area contributed by atoms with E-state index in [2.05, 4.69) is 15.3 Å². The van der Waals surface area contributed by atoms with Crippen LogP contribution in [0, 0.1) is 0 Å². The van der Waals surface area contributed by atoms with Crippen molar-refractivity contribution in [2.45, 2.75) is 25.8 Å². The molecule has 1 aliphatic heterocycles. The summed E-state index contributed by atoms with van der Waals surface area (Å²) in [6, 6.07) is 0.133. The summed E-state index contributed by atoms with van der Waals surface area (Å²) in [4.78, 5) is 31.9. The normalized spacial score (nSPS) is 15.6. The van der Waals surface area contributed by atoms with Crippen LogP contribution in [0.4, 0.5) is 10.6 Å². The molecule has 0 aromatic carbocycles. The van der Waals surface area contributed by atoms with Gasteiger partial charge in [-0.15, -0.1) is 0 Å². The van der Waals surface area contributed by atoms with Crippen LogP contribution in [0.2, 0.25) is 0 Å². The first-order chi connectivity index (χ1) is 10.1. The number of aromatic carboxylic acids is 1. The monoisotopic (exact) mass is 294 g/mol. The first-order valence-corrected chi connectivity index (χ1v) is 6.83. The van der Waals surface area contributed by atoms with Crippen LogP contribution in [0.15, 0.2) is 12.4 Å². The number of carbonyl (C=O) groups is 2. The fraction of sp³-hybridized carbons (Fsp3) is 0.538. The van der Waals surface area contributed by atoms with Gasteiger partial charge in [-0.1, -0.05) is 0 Å². The van der Waals surface area contributed by atoms with Gasteiger partial charge in [0.25, 0.3) is 0 Å². The predicted molar refractivity (Wildman–Crippen MR) is 74.2 cm³/mol. The van der Waals surface area contributed by atoms with Crippen LogP contribution in [0.3, 0.4) is 0 Å². The first kappa shape index (κ1) is 15.0. The number of hydrogen-bond donors (Lipinski definition) is 2. The summed E-state index contributed by atoms with van der Waals surface area (Å²) < 4.78 is 4.96. The summed E-state index contributed by atoms with van der Waals surface area (Å²) in [5.41, 5.74) is -0.0936. The topological polar surface area (TPSA) is 105 Å². The van der Waals surface area contributed by atoms with Crippen LogP contribution in [0.5, 0.6) is 0 Å². The van der Waals surface area contributed by atoms with Crippen molar-refractivity contribution in [1.82, 2.24) is 14.9 Å². The van der Waals surface area contributed by atoms with E-state index in [-0.39, 0.29) is 17.8 Å². The molecule has 0 bridgehead atoms. The minimum Gasteiger partial charge on any atom is -0.476 e. The molecule has 0 atom stereocenters. The molecule has 1 aliphatic rings. The lowest BCUT2D eigenvalue weighted by Gasteiger charge is -2.31. The van der Waals surface area contributed by atoms with Crippen LogP contribution in [-0.2, 0) is 4.74 Å². The molecule has 8 nitrogen and oxygen atoms in total. The van der Waals surface area contributed by atoms with Gasteiger partial charge in [0, 0.05) is 19.1 Å². The molecule has 21 heavy (non-hydrogen) atoms. The van der Waals surface area contributed by atoms with Gasteiger partial charge in [-0.3, -0.25) is 4.98 Å². The molecule has 2 rings (SSSR count). The summed E-state index contributed by atoms with van der Waals surface area (Å²) in [6.45, 7) is 3.35. The summed E-state index contributed by atoms with van der Waals surface area (Å²) in [5.74, 6) is -0.673. The van der Waals surface area contributed by atoms with Crippen LogP contribution < -0.4 is 5.32 Å². The molecule has 1 aromatic rings. The number of carboxylic acid groups (broad SMARTS) is 1. The molecule has 2 N–H and O–H groups in total. The van der Waals surface area contributed by atoms with Crippen molar-refractivity contribution in [3.05, 3.63) is 18.1 Å². The third-order valence-electron chi connectivity index (χ3n) is 3.23. The second kappa shape index (κ2) is 6.87. The lowest BCUT2D eigenvalue weighted by Crippen LogP contribution is -2.42. The van der Waals surface area contributed by atoms with Crippen molar-refractivity contribution in [2.75, 3.05) is 25.0 Å². The number of carbonyl (C=O) groups excluding carboxylic acids is 1. The summed E-state index contributed by atoms with van der Waals surface area (Å²) in [5, 5.41) is 12.0. The van der Waals surface area contributed by atoms with E-state index >= 15 is 0 Å². The summed E-state index contributed by atoms with van der Waals surface area (Å²) >= 11 is 0. The minimum absolute atomic E-state index is 0.0936. The van der Waals surface area contributed by atoms with Crippen molar-refractivity contribution >= 4 is 17.9 Å². The number of amides is 1. The Labute approximate surface area is 122 Å². The van der Waals surface area contributed by atoms with E-state index in [0.717, 1.165) is 12.8 Å². The molecular weight excluding hydrogens is 276 g/mol. The number of ether oxygens (including phenoxy) is 1. The number of anilines is 1. The number of hydrogen-bond acceptors (Lipinski definition) is 6. The van der Waals surface area contributed by atoms with E-state index in [1.807, 2.05) is 0 Å². The number of piperidine rings is 1. The summed E-state index contributed by atoms with van der Waals surface area (Å²) in [7, 11) is 0. The molecule has 1 saturated heterocycles. The zero-order valence-corrected chi connectivity index (χ0v) is 11.8. The maximum atomic E-state index is 11.6. The molecule has 2 heterocycles. The largest absolute Gasteiger partial charge is 0.476 e. The Morgan fingerprint density at radius 1 is 1.43 bits per heavy atom. The third kappa shape index (κ3) is 4.04. The van der Waals surface area contributed by atoms with E-state index in [9.17, 15) is 9.59 Å². The highest BCUT2D eigenvalue weighted by atomic mass is 16.6. The molecule has 0 saturated carbocycles. The first-order valence-electron chi connectivity index (χ1n) is 6.83. The van der Waals surface area contributed by atoms with Gasteiger partial charge in [-0.25, -0.2) is 14.6 Å². The Kier molecular flexibility index (Phi) is 4.91. The quantitative estimate of drug-likeness (QED) is 0.859. The van der Waals surface area contributed by atoms with Gasteiger partial charge in [0.1, 0.15) is 5.82 Å². The van der Waals surface area contributed by atoms with Crippen LogP contribution in [-0.4, -0.2) is 57.8 Å². The van der Waals surface area contributed by atoms with Gasteiger partial charge in [-0.05, 0) is 19.8 Å². The lowest BCUT2D eigenvalue weighted by atomic mass is 10.1. The molecule has 1 amide bonds. The highest BCUT2D eigenvalue weighted by Crippen LogP contribution is 2.15. The highest BCUT2D eigenvalue weighted by molar-refractivity contribution is 5.85. The van der Waals surface area contributed by atoms with Crippen LogP contribution >= 0.6 is 0 Å². The third-order valence-corrected chi connectivity index (χ3v) is 3.23. The molecule has 1 aromatic heterocycles. The maximum Gasteiger partial charge on any atom is 0.409 e. The van der Waals surface area contributed by atoms with E-state index in [0.29, 0.717) is 25.5 Å². The zero-order valence-electron chi connectivity index (χ0n) is 11.8. The average Bonchev–Trinajstić information content (AvgIpc) is 2.48. The highest BCUT2D eigenvalue weighted by Gasteiger charge is 2.23. The Bertz CT molecular complexity index is 515. The number of carboxylic acids is 1. The van der Waals surface area contributed by atoms with Gasteiger partial charge >= 0.3 is 12.1 Å². The Morgan fingerprint density at radius 2 is 2.14 bits per heavy atom. The Balaban J connectivity index is 1.87. The molecule has 0 radical (unpaired) electrons. The fourth-order valence-electron chi connectivity index (χ4n) is 2.17. The summed E-state index contributed by atoms with van der Waals surface area (Å²) in [6.07, 6.45) is 3.90. The van der Waals surface area contributed by atoms with Gasteiger partial charge in [0.05, 0.1) is 19.0 Å².